The van der Waals surface area contributed by atoms with Crippen molar-refractivity contribution in [3.63, 3.8) is 0 Å². The topological polar surface area (TPSA) is 31.0 Å². The van der Waals surface area contributed by atoms with Crippen molar-refractivity contribution >= 4 is 23.0 Å². The lowest BCUT2D eigenvalue weighted by Crippen LogP contribution is -2.36. The number of rotatable bonds is 5. The lowest BCUT2D eigenvalue weighted by atomic mass is 9.84. The average Bonchev–Trinajstić information content (AvgIpc) is 3.21. The van der Waals surface area contributed by atoms with Gasteiger partial charge in [0.25, 0.3) is 0 Å². The first-order valence-electron chi connectivity index (χ1n) is 6.52. The predicted octanol–water partition coefficient (Wildman–Crippen LogP) is 3.28. The molecule has 0 radical (unpaired) electrons. The fourth-order valence-electron chi connectivity index (χ4n) is 2.72. The SMILES string of the molecule is C=C1CC(COCc2ccccc2)C(OI)C2OC12. The van der Waals surface area contributed by atoms with Crippen LogP contribution in [0.25, 0.3) is 0 Å². The van der Waals surface area contributed by atoms with E-state index in [0.29, 0.717) is 19.1 Å². The van der Waals surface area contributed by atoms with Crippen LogP contribution in [0.3, 0.4) is 0 Å². The maximum atomic E-state index is 5.83. The fourth-order valence-corrected chi connectivity index (χ4v) is 3.42. The summed E-state index contributed by atoms with van der Waals surface area (Å²) in [6.45, 7) is 5.42. The Morgan fingerprint density at radius 2 is 2.11 bits per heavy atom. The van der Waals surface area contributed by atoms with Crippen LogP contribution >= 0.6 is 23.0 Å². The van der Waals surface area contributed by atoms with Crippen molar-refractivity contribution in [3.8, 4) is 0 Å². The molecule has 19 heavy (non-hydrogen) atoms. The fraction of sp³-hybridized carbons (Fsp3) is 0.467. The van der Waals surface area contributed by atoms with Crippen LogP contribution in [0, 0.1) is 5.92 Å². The maximum absolute atomic E-state index is 5.83. The summed E-state index contributed by atoms with van der Waals surface area (Å²) in [5.41, 5.74) is 2.38. The van der Waals surface area contributed by atoms with Crippen LogP contribution in [0.15, 0.2) is 42.5 Å². The molecular formula is C15H17IO3. The molecule has 1 aromatic rings. The Kier molecular flexibility index (Phi) is 4.21. The Morgan fingerprint density at radius 1 is 1.32 bits per heavy atom. The van der Waals surface area contributed by atoms with E-state index >= 15 is 0 Å². The molecule has 3 nitrogen and oxygen atoms in total. The minimum atomic E-state index is 0.131. The molecule has 2 aliphatic rings. The van der Waals surface area contributed by atoms with Gasteiger partial charge in [0.05, 0.1) is 13.2 Å². The lowest BCUT2D eigenvalue weighted by molar-refractivity contribution is 0.0360. The first-order chi connectivity index (χ1) is 9.29. The Bertz CT molecular complexity index is 448. The summed E-state index contributed by atoms with van der Waals surface area (Å²) in [5.74, 6) is 0.344. The van der Waals surface area contributed by atoms with Gasteiger partial charge >= 0.3 is 0 Å². The summed E-state index contributed by atoms with van der Waals surface area (Å²) < 4.78 is 17.0. The largest absolute Gasteiger partial charge is 0.376 e. The molecule has 1 aliphatic carbocycles. The second-order valence-corrected chi connectivity index (χ2v) is 5.71. The third-order valence-electron chi connectivity index (χ3n) is 3.79. The van der Waals surface area contributed by atoms with E-state index in [9.17, 15) is 0 Å². The van der Waals surface area contributed by atoms with Crippen molar-refractivity contribution in [3.05, 3.63) is 48.0 Å². The highest BCUT2D eigenvalue weighted by molar-refractivity contribution is 14.1. The van der Waals surface area contributed by atoms with Crippen molar-refractivity contribution in [1.29, 1.82) is 0 Å². The third kappa shape index (κ3) is 3.02. The van der Waals surface area contributed by atoms with Crippen LogP contribution in [-0.4, -0.2) is 24.9 Å². The predicted molar refractivity (Wildman–Crippen MR) is 80.9 cm³/mol. The quantitative estimate of drug-likeness (QED) is 0.452. The molecule has 1 heterocycles. The molecule has 0 aromatic heterocycles. The van der Waals surface area contributed by atoms with Crippen LogP contribution in [-0.2, 0) is 19.1 Å². The number of benzene rings is 1. The molecule has 0 spiro atoms. The number of hydrogen-bond donors (Lipinski definition) is 0. The zero-order valence-electron chi connectivity index (χ0n) is 10.6. The third-order valence-corrected chi connectivity index (χ3v) is 4.37. The van der Waals surface area contributed by atoms with Gasteiger partial charge in [-0.15, -0.1) is 0 Å². The van der Waals surface area contributed by atoms with E-state index in [1.807, 2.05) is 41.2 Å². The van der Waals surface area contributed by atoms with Crippen LogP contribution in [0.5, 0.6) is 0 Å². The minimum absolute atomic E-state index is 0.131. The summed E-state index contributed by atoms with van der Waals surface area (Å²) in [7, 11) is 0. The molecule has 4 atom stereocenters. The molecule has 0 N–H and O–H groups in total. The number of fused-ring (bicyclic) bond motifs is 1. The van der Waals surface area contributed by atoms with E-state index in [-0.39, 0.29) is 18.3 Å². The van der Waals surface area contributed by atoms with Crippen molar-refractivity contribution in [2.45, 2.75) is 31.3 Å². The van der Waals surface area contributed by atoms with E-state index in [1.54, 1.807) is 0 Å². The van der Waals surface area contributed by atoms with Gasteiger partial charge in [-0.2, -0.15) is 0 Å². The molecular weight excluding hydrogens is 355 g/mol. The second-order valence-electron chi connectivity index (χ2n) is 5.20. The van der Waals surface area contributed by atoms with Crippen LogP contribution in [0.2, 0.25) is 0 Å². The van der Waals surface area contributed by atoms with Gasteiger partial charge in [-0.05, 0) is 17.6 Å². The molecule has 1 aromatic carbocycles. The monoisotopic (exact) mass is 372 g/mol. The Morgan fingerprint density at radius 3 is 2.84 bits per heavy atom. The molecule has 4 unspecified atom stereocenters. The Hall–Kier alpha value is -0.430. The van der Waals surface area contributed by atoms with Gasteiger partial charge < -0.3 is 12.5 Å². The number of halogens is 1. The molecule has 1 aliphatic heterocycles. The summed E-state index contributed by atoms with van der Waals surface area (Å²) in [5, 5.41) is 0. The van der Waals surface area contributed by atoms with E-state index in [4.69, 9.17) is 12.5 Å². The Balaban J connectivity index is 1.52. The summed E-state index contributed by atoms with van der Waals surface area (Å²) in [6.07, 6.45) is 1.49. The van der Waals surface area contributed by atoms with Crippen LogP contribution < -0.4 is 0 Å². The van der Waals surface area contributed by atoms with Gasteiger partial charge in [-0.25, -0.2) is 0 Å². The maximum Gasteiger partial charge on any atom is 0.116 e. The van der Waals surface area contributed by atoms with Gasteiger partial charge in [0.1, 0.15) is 41.3 Å². The summed E-state index contributed by atoms with van der Waals surface area (Å²) >= 11 is 1.97. The molecule has 0 bridgehead atoms. The first kappa shape index (κ1) is 13.5. The van der Waals surface area contributed by atoms with E-state index in [2.05, 4.69) is 18.7 Å². The average molecular weight is 372 g/mol. The van der Waals surface area contributed by atoms with Gasteiger partial charge in [0.15, 0.2) is 0 Å². The molecule has 3 rings (SSSR count). The second kappa shape index (κ2) is 5.91. The molecule has 4 heteroatoms. The van der Waals surface area contributed by atoms with Crippen LogP contribution in [0.4, 0.5) is 0 Å². The zero-order chi connectivity index (χ0) is 13.2. The standard InChI is InChI=1S/C15H17IO3/c1-10-7-12(14(19-16)15-13(10)18-15)9-17-8-11-5-3-2-4-6-11/h2-6,12-15H,1,7-9H2. The normalized spacial score (nSPS) is 33.0. The zero-order valence-corrected chi connectivity index (χ0v) is 12.8. The van der Waals surface area contributed by atoms with Crippen molar-refractivity contribution in [1.82, 2.24) is 0 Å². The first-order valence-corrected chi connectivity index (χ1v) is 7.40. The van der Waals surface area contributed by atoms with Crippen molar-refractivity contribution < 1.29 is 12.5 Å². The van der Waals surface area contributed by atoms with Gasteiger partial charge in [0.2, 0.25) is 0 Å². The summed E-state index contributed by atoms with van der Waals surface area (Å²) in [6, 6.07) is 10.2. The molecule has 2 fully saturated rings. The van der Waals surface area contributed by atoms with Crippen molar-refractivity contribution in [2.75, 3.05) is 6.61 Å². The minimum Gasteiger partial charge on any atom is -0.376 e. The van der Waals surface area contributed by atoms with Crippen LogP contribution in [0.1, 0.15) is 12.0 Å². The number of hydrogen-bond acceptors (Lipinski definition) is 3. The van der Waals surface area contributed by atoms with Crippen molar-refractivity contribution in [2.24, 2.45) is 5.92 Å². The van der Waals surface area contributed by atoms with Gasteiger partial charge in [-0.3, -0.25) is 0 Å². The Labute approximate surface area is 127 Å². The smallest absolute Gasteiger partial charge is 0.116 e. The number of ether oxygens (including phenoxy) is 2. The highest BCUT2D eigenvalue weighted by Gasteiger charge is 2.54. The van der Waals surface area contributed by atoms with Gasteiger partial charge in [-0.1, -0.05) is 36.9 Å². The van der Waals surface area contributed by atoms with E-state index in [0.717, 1.165) is 6.42 Å². The lowest BCUT2D eigenvalue weighted by Gasteiger charge is -2.27. The molecule has 1 saturated carbocycles. The number of epoxide rings is 1. The highest BCUT2D eigenvalue weighted by atomic mass is 127. The summed E-state index contributed by atoms with van der Waals surface area (Å²) in [4.78, 5) is 0. The van der Waals surface area contributed by atoms with E-state index < -0.39 is 0 Å². The molecule has 0 amide bonds. The molecule has 102 valence electrons. The van der Waals surface area contributed by atoms with Gasteiger partial charge in [0, 0.05) is 5.92 Å². The highest BCUT2D eigenvalue weighted by Crippen LogP contribution is 2.44. The molecule has 1 saturated heterocycles. The van der Waals surface area contributed by atoms with E-state index in [1.165, 1.54) is 11.1 Å².